The molecule has 1 aliphatic rings. The summed E-state index contributed by atoms with van der Waals surface area (Å²) in [5.41, 5.74) is 1.97. The van der Waals surface area contributed by atoms with Crippen LogP contribution in [-0.4, -0.2) is 26.7 Å². The number of aliphatic hydroxyl groups is 1. The molecule has 1 amide bonds. The molecule has 2 heterocycles. The van der Waals surface area contributed by atoms with Gasteiger partial charge in [0.25, 0.3) is 11.7 Å². The molecular weight excluding hydrogens is 468 g/mol. The Morgan fingerprint density at radius 2 is 1.77 bits per heavy atom. The van der Waals surface area contributed by atoms with Crippen LogP contribution in [0.1, 0.15) is 22.7 Å². The molecule has 30 heavy (non-hydrogen) atoms. The average Bonchev–Trinajstić information content (AvgIpc) is 3.00. The first-order valence-electron chi connectivity index (χ1n) is 9.14. The van der Waals surface area contributed by atoms with Gasteiger partial charge in [-0.25, -0.2) is 0 Å². The molecular formula is C23H16BrClN2O3. The zero-order valence-electron chi connectivity index (χ0n) is 15.6. The fourth-order valence-corrected chi connectivity index (χ4v) is 3.88. The van der Waals surface area contributed by atoms with Gasteiger partial charge < -0.3 is 10.0 Å². The van der Waals surface area contributed by atoms with Gasteiger partial charge in [-0.2, -0.15) is 0 Å². The van der Waals surface area contributed by atoms with Gasteiger partial charge in [-0.1, -0.05) is 45.7 Å². The Morgan fingerprint density at radius 1 is 1.07 bits per heavy atom. The fourth-order valence-electron chi connectivity index (χ4n) is 3.49. The fraction of sp³-hybridized carbons (Fsp3) is 0.0870. The van der Waals surface area contributed by atoms with Gasteiger partial charge in [0.15, 0.2) is 0 Å². The van der Waals surface area contributed by atoms with E-state index in [1.54, 1.807) is 42.7 Å². The molecule has 1 N–H and O–H groups in total. The number of ketones is 1. The number of Topliss-reactive ketones (excluding diaryl/α,β-unsaturated/α-hetero) is 1. The number of hydrogen-bond acceptors (Lipinski definition) is 4. The molecule has 7 heteroatoms. The Balaban J connectivity index is 1.85. The molecule has 1 aliphatic heterocycles. The molecule has 0 saturated carbocycles. The lowest BCUT2D eigenvalue weighted by atomic mass is 9.95. The zero-order valence-corrected chi connectivity index (χ0v) is 18.0. The Bertz CT molecular complexity index is 1130. The van der Waals surface area contributed by atoms with E-state index in [0.717, 1.165) is 15.6 Å². The number of pyridine rings is 1. The van der Waals surface area contributed by atoms with E-state index in [-0.39, 0.29) is 17.9 Å². The highest BCUT2D eigenvalue weighted by Gasteiger charge is 2.46. The number of aromatic nitrogens is 1. The Morgan fingerprint density at radius 3 is 2.40 bits per heavy atom. The first-order valence-corrected chi connectivity index (χ1v) is 10.3. The van der Waals surface area contributed by atoms with Crippen molar-refractivity contribution in [1.82, 2.24) is 9.88 Å². The molecule has 0 aliphatic carbocycles. The maximum atomic E-state index is 13.0. The van der Waals surface area contributed by atoms with Crippen LogP contribution < -0.4 is 0 Å². The summed E-state index contributed by atoms with van der Waals surface area (Å²) < 4.78 is 0.869. The van der Waals surface area contributed by atoms with Crippen LogP contribution in [0.5, 0.6) is 0 Å². The molecule has 1 fully saturated rings. The zero-order chi connectivity index (χ0) is 21.3. The van der Waals surface area contributed by atoms with Crippen molar-refractivity contribution in [2.75, 3.05) is 0 Å². The minimum Gasteiger partial charge on any atom is -0.507 e. The number of benzene rings is 2. The molecule has 3 aromatic rings. The Hall–Kier alpha value is -2.96. The van der Waals surface area contributed by atoms with E-state index in [4.69, 9.17) is 11.6 Å². The van der Waals surface area contributed by atoms with Crippen LogP contribution >= 0.6 is 27.5 Å². The second kappa shape index (κ2) is 8.42. The predicted octanol–water partition coefficient (Wildman–Crippen LogP) is 5.12. The van der Waals surface area contributed by atoms with Gasteiger partial charge >= 0.3 is 0 Å². The number of carbonyl (C=O) groups is 2. The highest BCUT2D eigenvalue weighted by Crippen LogP contribution is 2.40. The summed E-state index contributed by atoms with van der Waals surface area (Å²) in [5.74, 6) is -1.62. The maximum absolute atomic E-state index is 13.0. The Labute approximate surface area is 186 Å². The molecule has 150 valence electrons. The SMILES string of the molecule is O=C1C(=O)N(Cc2cccnc2)[C@@H](c2ccc(Br)cc2)C1=C(O)c1ccc(Cl)cc1. The summed E-state index contributed by atoms with van der Waals surface area (Å²) in [4.78, 5) is 31.5. The summed E-state index contributed by atoms with van der Waals surface area (Å²) in [6.07, 6.45) is 3.29. The highest BCUT2D eigenvalue weighted by molar-refractivity contribution is 9.10. The third-order valence-electron chi connectivity index (χ3n) is 4.92. The van der Waals surface area contributed by atoms with Crippen molar-refractivity contribution < 1.29 is 14.7 Å². The molecule has 4 rings (SSSR count). The number of carbonyl (C=O) groups excluding carboxylic acids is 2. The summed E-state index contributed by atoms with van der Waals surface area (Å²) in [6, 6.07) is 16.7. The number of amides is 1. The topological polar surface area (TPSA) is 70.5 Å². The van der Waals surface area contributed by atoms with E-state index < -0.39 is 17.7 Å². The largest absolute Gasteiger partial charge is 0.507 e. The summed E-state index contributed by atoms with van der Waals surface area (Å²) >= 11 is 9.35. The van der Waals surface area contributed by atoms with Crippen molar-refractivity contribution >= 4 is 45.0 Å². The normalized spacial score (nSPS) is 18.1. The number of rotatable bonds is 4. The van der Waals surface area contributed by atoms with Crippen molar-refractivity contribution in [2.45, 2.75) is 12.6 Å². The highest BCUT2D eigenvalue weighted by atomic mass is 79.9. The molecule has 1 atom stereocenters. The van der Waals surface area contributed by atoms with Crippen molar-refractivity contribution in [3.8, 4) is 0 Å². The summed E-state index contributed by atoms with van der Waals surface area (Å²) in [7, 11) is 0. The van der Waals surface area contributed by atoms with Gasteiger partial charge in [-0.15, -0.1) is 0 Å². The van der Waals surface area contributed by atoms with Crippen LogP contribution in [0.2, 0.25) is 5.02 Å². The minimum absolute atomic E-state index is 0.0496. The molecule has 1 aromatic heterocycles. The lowest BCUT2D eigenvalue weighted by molar-refractivity contribution is -0.140. The lowest BCUT2D eigenvalue weighted by Gasteiger charge is -2.25. The number of likely N-dealkylation sites (tertiary alicyclic amines) is 1. The van der Waals surface area contributed by atoms with Crippen molar-refractivity contribution in [3.05, 3.63) is 105 Å². The van der Waals surface area contributed by atoms with E-state index >= 15 is 0 Å². The molecule has 5 nitrogen and oxygen atoms in total. The predicted molar refractivity (Wildman–Crippen MR) is 118 cm³/mol. The van der Waals surface area contributed by atoms with Crippen LogP contribution in [0, 0.1) is 0 Å². The standard InChI is InChI=1S/C23H16BrClN2O3/c24-17-7-3-15(4-8-17)20-19(21(28)16-5-9-18(25)10-6-16)22(29)23(30)27(20)13-14-2-1-11-26-12-14/h1-12,20,28H,13H2/t20-/m0/s1. The Kier molecular flexibility index (Phi) is 5.70. The van der Waals surface area contributed by atoms with E-state index in [2.05, 4.69) is 20.9 Å². The number of aliphatic hydroxyl groups excluding tert-OH is 1. The molecule has 0 unspecified atom stereocenters. The van der Waals surface area contributed by atoms with Crippen LogP contribution in [0.4, 0.5) is 0 Å². The monoisotopic (exact) mass is 482 g/mol. The molecule has 0 spiro atoms. The van der Waals surface area contributed by atoms with E-state index in [1.807, 2.05) is 30.3 Å². The summed E-state index contributed by atoms with van der Waals surface area (Å²) in [6.45, 7) is 0.191. The van der Waals surface area contributed by atoms with Gasteiger partial charge in [-0.05, 0) is 53.6 Å². The number of nitrogens with zero attached hydrogens (tertiary/aromatic N) is 2. The minimum atomic E-state index is -0.728. The third-order valence-corrected chi connectivity index (χ3v) is 5.70. The van der Waals surface area contributed by atoms with Gasteiger partial charge in [0.2, 0.25) is 0 Å². The van der Waals surface area contributed by atoms with Crippen LogP contribution in [0.3, 0.4) is 0 Å². The van der Waals surface area contributed by atoms with Gasteiger partial charge in [0.1, 0.15) is 5.76 Å². The van der Waals surface area contributed by atoms with E-state index in [9.17, 15) is 14.7 Å². The summed E-state index contributed by atoms with van der Waals surface area (Å²) in [5, 5.41) is 11.5. The van der Waals surface area contributed by atoms with Crippen molar-refractivity contribution in [3.63, 3.8) is 0 Å². The van der Waals surface area contributed by atoms with Crippen LogP contribution in [0.15, 0.2) is 83.1 Å². The van der Waals surface area contributed by atoms with Crippen molar-refractivity contribution in [2.24, 2.45) is 0 Å². The first-order chi connectivity index (χ1) is 14.5. The number of halogens is 2. The van der Waals surface area contributed by atoms with Gasteiger partial charge in [-0.3, -0.25) is 14.6 Å². The average molecular weight is 484 g/mol. The van der Waals surface area contributed by atoms with Gasteiger partial charge in [0.05, 0.1) is 11.6 Å². The molecule has 0 radical (unpaired) electrons. The van der Waals surface area contributed by atoms with Gasteiger partial charge in [0, 0.05) is 34.0 Å². The smallest absolute Gasteiger partial charge is 0.295 e. The molecule has 0 bridgehead atoms. The second-order valence-corrected chi connectivity index (χ2v) is 8.20. The quantitative estimate of drug-likeness (QED) is 0.318. The third kappa shape index (κ3) is 3.88. The van der Waals surface area contributed by atoms with Crippen LogP contribution in [0.25, 0.3) is 5.76 Å². The van der Waals surface area contributed by atoms with Crippen LogP contribution in [-0.2, 0) is 16.1 Å². The number of hydrogen-bond donors (Lipinski definition) is 1. The molecule has 2 aromatic carbocycles. The van der Waals surface area contributed by atoms with Crippen molar-refractivity contribution in [1.29, 1.82) is 0 Å². The van der Waals surface area contributed by atoms with E-state index in [0.29, 0.717) is 10.6 Å². The first kappa shape index (κ1) is 20.3. The van der Waals surface area contributed by atoms with E-state index in [1.165, 1.54) is 4.90 Å². The molecule has 1 saturated heterocycles. The lowest BCUT2D eigenvalue weighted by Crippen LogP contribution is -2.29. The second-order valence-electron chi connectivity index (χ2n) is 6.85. The maximum Gasteiger partial charge on any atom is 0.295 e.